The smallest absolute Gasteiger partial charge is 0.123 e. The third kappa shape index (κ3) is 4.20. The van der Waals surface area contributed by atoms with Crippen molar-refractivity contribution in [3.63, 3.8) is 0 Å². The first-order valence-electron chi connectivity index (χ1n) is 7.29. The molecule has 0 radical (unpaired) electrons. The number of hydrogen-bond acceptors (Lipinski definition) is 5. The van der Waals surface area contributed by atoms with Crippen LogP contribution in [0.25, 0.3) is 10.6 Å². The number of methoxy groups -OCH3 is 1. The summed E-state index contributed by atoms with van der Waals surface area (Å²) in [6.45, 7) is 6.43. The molecule has 0 amide bonds. The van der Waals surface area contributed by atoms with Crippen molar-refractivity contribution in [2.24, 2.45) is 0 Å². The van der Waals surface area contributed by atoms with Crippen molar-refractivity contribution in [2.45, 2.75) is 19.5 Å². The van der Waals surface area contributed by atoms with Crippen LogP contribution in [0.3, 0.4) is 0 Å². The average molecular weight is 340 g/mol. The van der Waals surface area contributed by atoms with Crippen LogP contribution >= 0.6 is 23.7 Å². The molecule has 1 aliphatic heterocycles. The van der Waals surface area contributed by atoms with Crippen molar-refractivity contribution in [2.75, 3.05) is 26.7 Å². The summed E-state index contributed by atoms with van der Waals surface area (Å²) in [4.78, 5) is 7.24. The van der Waals surface area contributed by atoms with Crippen LogP contribution in [-0.2, 0) is 6.54 Å². The van der Waals surface area contributed by atoms with Crippen LogP contribution in [0.5, 0.6) is 5.75 Å². The van der Waals surface area contributed by atoms with Crippen molar-refractivity contribution in [3.8, 4) is 16.3 Å². The highest BCUT2D eigenvalue weighted by atomic mass is 35.5. The maximum Gasteiger partial charge on any atom is 0.123 e. The topological polar surface area (TPSA) is 37.4 Å². The quantitative estimate of drug-likeness (QED) is 0.929. The van der Waals surface area contributed by atoms with E-state index in [0.717, 1.165) is 42.5 Å². The number of rotatable bonds is 4. The van der Waals surface area contributed by atoms with Gasteiger partial charge in [-0.3, -0.25) is 4.90 Å². The van der Waals surface area contributed by atoms with E-state index in [4.69, 9.17) is 9.72 Å². The molecule has 1 N–H and O–H groups in total. The molecule has 2 aromatic rings. The summed E-state index contributed by atoms with van der Waals surface area (Å²) < 4.78 is 5.19. The second-order valence-corrected chi connectivity index (χ2v) is 6.32. The van der Waals surface area contributed by atoms with E-state index in [1.54, 1.807) is 18.4 Å². The van der Waals surface area contributed by atoms with Crippen molar-refractivity contribution in [1.29, 1.82) is 0 Å². The van der Waals surface area contributed by atoms with Gasteiger partial charge in [-0.1, -0.05) is 0 Å². The number of ether oxygens (including phenoxy) is 1. The van der Waals surface area contributed by atoms with Gasteiger partial charge in [0.05, 0.1) is 12.8 Å². The number of thiazole rings is 1. The molecule has 0 unspecified atom stereocenters. The lowest BCUT2D eigenvalue weighted by atomic mass is 10.2. The number of aromatic nitrogens is 1. The van der Waals surface area contributed by atoms with E-state index >= 15 is 0 Å². The molecular formula is C16H22ClN3OS. The number of nitrogens with zero attached hydrogens (tertiary/aromatic N) is 2. The van der Waals surface area contributed by atoms with Gasteiger partial charge in [0.25, 0.3) is 0 Å². The summed E-state index contributed by atoms with van der Waals surface area (Å²) in [6, 6.07) is 8.66. The molecule has 0 bridgehead atoms. The van der Waals surface area contributed by atoms with Crippen LogP contribution in [0.15, 0.2) is 29.6 Å². The SMILES string of the molecule is COc1ccc(-c2nc(CN3CCN[C@@H](C)C3)cs2)cc1.Cl. The highest BCUT2D eigenvalue weighted by Crippen LogP contribution is 2.26. The highest BCUT2D eigenvalue weighted by Gasteiger charge is 2.16. The van der Waals surface area contributed by atoms with Crippen LogP contribution in [0.1, 0.15) is 12.6 Å². The van der Waals surface area contributed by atoms with Gasteiger partial charge >= 0.3 is 0 Å². The Morgan fingerprint density at radius 2 is 2.14 bits per heavy atom. The summed E-state index contributed by atoms with van der Waals surface area (Å²) in [5.74, 6) is 0.880. The summed E-state index contributed by atoms with van der Waals surface area (Å²) >= 11 is 1.71. The zero-order valence-corrected chi connectivity index (χ0v) is 14.5. The molecular weight excluding hydrogens is 318 g/mol. The molecule has 120 valence electrons. The Balaban J connectivity index is 0.00000176. The van der Waals surface area contributed by atoms with Gasteiger partial charge in [0.1, 0.15) is 10.8 Å². The molecule has 0 spiro atoms. The molecule has 0 aliphatic carbocycles. The lowest BCUT2D eigenvalue weighted by molar-refractivity contribution is 0.198. The fraction of sp³-hybridized carbons (Fsp3) is 0.438. The van der Waals surface area contributed by atoms with Crippen LogP contribution in [0.4, 0.5) is 0 Å². The van der Waals surface area contributed by atoms with Gasteiger partial charge in [-0.05, 0) is 31.2 Å². The Kier molecular flexibility index (Phi) is 6.20. The molecule has 1 aromatic heterocycles. The van der Waals surface area contributed by atoms with E-state index in [-0.39, 0.29) is 12.4 Å². The van der Waals surface area contributed by atoms with E-state index in [1.165, 1.54) is 5.69 Å². The standard InChI is InChI=1S/C16H21N3OS.ClH/c1-12-9-19(8-7-17-12)10-14-11-21-16(18-14)13-3-5-15(20-2)6-4-13;/h3-6,11-12,17H,7-10H2,1-2H3;1H/t12-;/m0./s1. The zero-order chi connectivity index (χ0) is 14.7. The van der Waals surface area contributed by atoms with E-state index in [2.05, 4.69) is 34.7 Å². The van der Waals surface area contributed by atoms with E-state index in [0.29, 0.717) is 6.04 Å². The Morgan fingerprint density at radius 3 is 2.82 bits per heavy atom. The fourth-order valence-corrected chi connectivity index (χ4v) is 3.45. The molecule has 1 fully saturated rings. The number of hydrogen-bond donors (Lipinski definition) is 1. The normalized spacial score (nSPS) is 18.7. The number of benzene rings is 1. The summed E-state index contributed by atoms with van der Waals surface area (Å²) in [7, 11) is 1.69. The number of halogens is 1. The monoisotopic (exact) mass is 339 g/mol. The van der Waals surface area contributed by atoms with Crippen molar-refractivity contribution in [3.05, 3.63) is 35.3 Å². The second-order valence-electron chi connectivity index (χ2n) is 5.46. The van der Waals surface area contributed by atoms with Gasteiger partial charge in [0.2, 0.25) is 0 Å². The first-order chi connectivity index (χ1) is 10.2. The minimum absolute atomic E-state index is 0. The van der Waals surface area contributed by atoms with Crippen molar-refractivity contribution in [1.82, 2.24) is 15.2 Å². The van der Waals surface area contributed by atoms with Gasteiger partial charge in [-0.25, -0.2) is 4.98 Å². The van der Waals surface area contributed by atoms with Gasteiger partial charge in [0.15, 0.2) is 0 Å². The molecule has 4 nitrogen and oxygen atoms in total. The molecule has 1 atom stereocenters. The second kappa shape index (κ2) is 7.92. The Morgan fingerprint density at radius 1 is 1.36 bits per heavy atom. The Hall–Kier alpha value is -1.14. The largest absolute Gasteiger partial charge is 0.497 e. The Bertz CT molecular complexity index is 587. The zero-order valence-electron chi connectivity index (χ0n) is 12.9. The molecule has 2 heterocycles. The predicted octanol–water partition coefficient (Wildman–Crippen LogP) is 3.03. The Labute approximate surface area is 141 Å². The minimum Gasteiger partial charge on any atom is -0.497 e. The third-order valence-corrected chi connectivity index (χ3v) is 4.67. The summed E-state index contributed by atoms with van der Waals surface area (Å²) in [5.41, 5.74) is 2.32. The molecule has 1 aromatic carbocycles. The third-order valence-electron chi connectivity index (χ3n) is 3.73. The first-order valence-corrected chi connectivity index (χ1v) is 8.17. The van der Waals surface area contributed by atoms with Crippen molar-refractivity contribution >= 4 is 23.7 Å². The maximum atomic E-state index is 5.19. The van der Waals surface area contributed by atoms with Gasteiger partial charge in [-0.15, -0.1) is 23.7 Å². The summed E-state index contributed by atoms with van der Waals surface area (Å²) in [6.07, 6.45) is 0. The lowest BCUT2D eigenvalue weighted by Crippen LogP contribution is -2.48. The first kappa shape index (κ1) is 17.2. The van der Waals surface area contributed by atoms with Crippen molar-refractivity contribution < 1.29 is 4.74 Å². The number of piperazine rings is 1. The lowest BCUT2D eigenvalue weighted by Gasteiger charge is -2.31. The minimum atomic E-state index is 0. The van der Waals surface area contributed by atoms with Crippen LogP contribution in [-0.4, -0.2) is 42.7 Å². The average Bonchev–Trinajstić information content (AvgIpc) is 2.96. The maximum absolute atomic E-state index is 5.19. The van der Waals surface area contributed by atoms with Gasteiger partial charge < -0.3 is 10.1 Å². The molecule has 3 rings (SSSR count). The fourth-order valence-electron chi connectivity index (χ4n) is 2.63. The van der Waals surface area contributed by atoms with E-state index in [9.17, 15) is 0 Å². The van der Waals surface area contributed by atoms with Crippen LogP contribution < -0.4 is 10.1 Å². The number of nitrogens with one attached hydrogen (secondary N) is 1. The van der Waals surface area contributed by atoms with Crippen LogP contribution in [0, 0.1) is 0 Å². The predicted molar refractivity (Wildman–Crippen MR) is 94.1 cm³/mol. The van der Waals surface area contributed by atoms with Crippen LogP contribution in [0.2, 0.25) is 0 Å². The van der Waals surface area contributed by atoms with E-state index < -0.39 is 0 Å². The summed E-state index contributed by atoms with van der Waals surface area (Å²) in [5, 5.41) is 6.72. The van der Waals surface area contributed by atoms with Gasteiger partial charge in [-0.2, -0.15) is 0 Å². The molecule has 0 saturated carbocycles. The molecule has 22 heavy (non-hydrogen) atoms. The molecule has 1 aliphatic rings. The van der Waals surface area contributed by atoms with E-state index in [1.807, 2.05) is 12.1 Å². The molecule has 6 heteroatoms. The molecule has 1 saturated heterocycles. The van der Waals surface area contributed by atoms with Gasteiger partial charge in [0, 0.05) is 43.2 Å². The highest BCUT2D eigenvalue weighted by molar-refractivity contribution is 7.13.